The summed E-state index contributed by atoms with van der Waals surface area (Å²) >= 11 is 0. The molecule has 0 spiro atoms. The third-order valence-electron chi connectivity index (χ3n) is 5.50. The standard InChI is InChI=1S/C23H25N3O3/c1-15-6-11-19-18(13-15)21(26-12-4-5-20(26)27)22(25(19)2)23(28)24-14-16-7-9-17(29-3)10-8-16/h6-11,13H,4-5,12,14H2,1-3H3,(H,24,28). The van der Waals surface area contributed by atoms with Crippen LogP contribution >= 0.6 is 0 Å². The fraction of sp³-hybridized carbons (Fsp3) is 0.304. The van der Waals surface area contributed by atoms with E-state index in [2.05, 4.69) is 11.4 Å². The SMILES string of the molecule is COc1ccc(CNC(=O)c2c(N3CCCC3=O)c3cc(C)ccc3n2C)cc1. The average molecular weight is 391 g/mol. The molecule has 6 heteroatoms. The number of amides is 2. The van der Waals surface area contributed by atoms with E-state index in [0.717, 1.165) is 39.9 Å². The molecule has 0 radical (unpaired) electrons. The first-order valence-corrected chi connectivity index (χ1v) is 9.80. The molecule has 0 unspecified atom stereocenters. The Morgan fingerprint density at radius 3 is 2.59 bits per heavy atom. The van der Waals surface area contributed by atoms with Crippen LogP contribution in [0.2, 0.25) is 0 Å². The number of carbonyl (C=O) groups is 2. The van der Waals surface area contributed by atoms with Crippen molar-refractivity contribution in [2.45, 2.75) is 26.3 Å². The van der Waals surface area contributed by atoms with Crippen molar-refractivity contribution in [2.24, 2.45) is 7.05 Å². The predicted molar refractivity (Wildman–Crippen MR) is 113 cm³/mol. The highest BCUT2D eigenvalue weighted by Crippen LogP contribution is 2.36. The van der Waals surface area contributed by atoms with Crippen molar-refractivity contribution < 1.29 is 14.3 Å². The average Bonchev–Trinajstić information content (AvgIpc) is 3.26. The first kappa shape index (κ1) is 19.1. The van der Waals surface area contributed by atoms with Gasteiger partial charge < -0.3 is 19.5 Å². The minimum atomic E-state index is -0.188. The number of ether oxygens (including phenoxy) is 1. The number of nitrogens with one attached hydrogen (secondary N) is 1. The maximum Gasteiger partial charge on any atom is 0.270 e. The van der Waals surface area contributed by atoms with Gasteiger partial charge in [0.1, 0.15) is 11.4 Å². The fourth-order valence-electron chi connectivity index (χ4n) is 3.97. The molecule has 150 valence electrons. The van der Waals surface area contributed by atoms with E-state index in [1.165, 1.54) is 0 Å². The lowest BCUT2D eigenvalue weighted by Gasteiger charge is -2.18. The normalized spacial score (nSPS) is 13.9. The number of anilines is 1. The van der Waals surface area contributed by atoms with Crippen LogP contribution < -0.4 is 15.0 Å². The lowest BCUT2D eigenvalue weighted by Crippen LogP contribution is -2.30. The Kier molecular flexibility index (Phi) is 5.01. The summed E-state index contributed by atoms with van der Waals surface area (Å²) in [5, 5.41) is 3.95. The number of aromatic nitrogens is 1. The first-order valence-electron chi connectivity index (χ1n) is 9.80. The Morgan fingerprint density at radius 1 is 1.17 bits per heavy atom. The molecule has 6 nitrogen and oxygen atoms in total. The van der Waals surface area contributed by atoms with Gasteiger partial charge in [-0.2, -0.15) is 0 Å². The number of rotatable bonds is 5. The van der Waals surface area contributed by atoms with Crippen molar-refractivity contribution >= 4 is 28.4 Å². The zero-order valence-electron chi connectivity index (χ0n) is 17.0. The Hall–Kier alpha value is -3.28. The first-order chi connectivity index (χ1) is 14.0. The minimum Gasteiger partial charge on any atom is -0.497 e. The maximum atomic E-state index is 13.2. The molecule has 3 aromatic rings. The van der Waals surface area contributed by atoms with Gasteiger partial charge in [-0.3, -0.25) is 9.59 Å². The Balaban J connectivity index is 1.70. The van der Waals surface area contributed by atoms with Gasteiger partial charge in [0.25, 0.3) is 5.91 Å². The van der Waals surface area contributed by atoms with Gasteiger partial charge in [0.15, 0.2) is 0 Å². The number of carbonyl (C=O) groups excluding carboxylic acids is 2. The van der Waals surface area contributed by atoms with Crippen LogP contribution in [-0.2, 0) is 18.4 Å². The number of aryl methyl sites for hydroxylation is 2. The molecule has 0 atom stereocenters. The van der Waals surface area contributed by atoms with E-state index in [1.54, 1.807) is 12.0 Å². The number of methoxy groups -OCH3 is 1. The summed E-state index contributed by atoms with van der Waals surface area (Å²) in [6, 6.07) is 13.7. The van der Waals surface area contributed by atoms with Crippen LogP contribution in [0, 0.1) is 6.92 Å². The summed E-state index contributed by atoms with van der Waals surface area (Å²) in [7, 11) is 3.50. The fourth-order valence-corrected chi connectivity index (χ4v) is 3.97. The molecule has 4 rings (SSSR count). The predicted octanol–water partition coefficient (Wildman–Crippen LogP) is 3.55. The third-order valence-corrected chi connectivity index (χ3v) is 5.50. The molecule has 2 heterocycles. The monoisotopic (exact) mass is 391 g/mol. The molecule has 1 aliphatic rings. The summed E-state index contributed by atoms with van der Waals surface area (Å²) in [5.74, 6) is 0.661. The van der Waals surface area contributed by atoms with Crippen molar-refractivity contribution in [3.05, 3.63) is 59.3 Å². The smallest absolute Gasteiger partial charge is 0.270 e. The molecule has 0 aliphatic carbocycles. The van der Waals surface area contributed by atoms with Crippen molar-refractivity contribution in [3.63, 3.8) is 0 Å². The van der Waals surface area contributed by atoms with E-state index in [1.807, 2.05) is 54.9 Å². The van der Waals surface area contributed by atoms with Gasteiger partial charge in [-0.25, -0.2) is 0 Å². The van der Waals surface area contributed by atoms with Gasteiger partial charge in [0.05, 0.1) is 18.3 Å². The van der Waals surface area contributed by atoms with Gasteiger partial charge in [0, 0.05) is 31.9 Å². The molecule has 1 aromatic heterocycles. The molecular formula is C23H25N3O3. The largest absolute Gasteiger partial charge is 0.497 e. The molecule has 1 N–H and O–H groups in total. The summed E-state index contributed by atoms with van der Waals surface area (Å²) in [4.78, 5) is 27.5. The Bertz CT molecular complexity index is 1080. The van der Waals surface area contributed by atoms with Crippen molar-refractivity contribution in [1.82, 2.24) is 9.88 Å². The summed E-state index contributed by atoms with van der Waals surface area (Å²) < 4.78 is 7.07. The van der Waals surface area contributed by atoms with Crippen LogP contribution in [0.15, 0.2) is 42.5 Å². The molecule has 0 bridgehead atoms. The van der Waals surface area contributed by atoms with E-state index in [4.69, 9.17) is 4.74 Å². The highest BCUT2D eigenvalue weighted by molar-refractivity contribution is 6.14. The molecule has 29 heavy (non-hydrogen) atoms. The minimum absolute atomic E-state index is 0.0724. The van der Waals surface area contributed by atoms with Crippen LogP contribution in [0.5, 0.6) is 5.75 Å². The zero-order valence-corrected chi connectivity index (χ0v) is 17.0. The van der Waals surface area contributed by atoms with Crippen LogP contribution in [0.3, 0.4) is 0 Å². The number of nitrogens with zero attached hydrogens (tertiary/aromatic N) is 2. The van der Waals surface area contributed by atoms with E-state index in [-0.39, 0.29) is 11.8 Å². The topological polar surface area (TPSA) is 63.6 Å². The van der Waals surface area contributed by atoms with Crippen LogP contribution in [-0.4, -0.2) is 30.0 Å². The molecule has 1 fully saturated rings. The number of fused-ring (bicyclic) bond motifs is 1. The number of hydrogen-bond acceptors (Lipinski definition) is 3. The molecular weight excluding hydrogens is 366 g/mol. The molecule has 2 amide bonds. The van der Waals surface area contributed by atoms with E-state index in [0.29, 0.717) is 25.2 Å². The van der Waals surface area contributed by atoms with Crippen molar-refractivity contribution in [1.29, 1.82) is 0 Å². The van der Waals surface area contributed by atoms with E-state index in [9.17, 15) is 9.59 Å². The highest BCUT2D eigenvalue weighted by Gasteiger charge is 2.31. The second-order valence-electron chi connectivity index (χ2n) is 7.46. The van der Waals surface area contributed by atoms with Gasteiger partial charge in [0.2, 0.25) is 5.91 Å². The van der Waals surface area contributed by atoms with Crippen LogP contribution in [0.1, 0.15) is 34.5 Å². The van der Waals surface area contributed by atoms with Crippen LogP contribution in [0.4, 0.5) is 5.69 Å². The summed E-state index contributed by atoms with van der Waals surface area (Å²) in [6.45, 7) is 3.06. The summed E-state index contributed by atoms with van der Waals surface area (Å²) in [6.07, 6.45) is 1.34. The van der Waals surface area contributed by atoms with Gasteiger partial charge in [-0.15, -0.1) is 0 Å². The molecule has 2 aromatic carbocycles. The maximum absolute atomic E-state index is 13.2. The summed E-state index contributed by atoms with van der Waals surface area (Å²) in [5.41, 5.74) is 4.27. The zero-order chi connectivity index (χ0) is 20.5. The molecule has 0 saturated carbocycles. The van der Waals surface area contributed by atoms with Crippen molar-refractivity contribution in [2.75, 3.05) is 18.6 Å². The third kappa shape index (κ3) is 3.46. The molecule has 1 aliphatic heterocycles. The second kappa shape index (κ2) is 7.62. The van der Waals surface area contributed by atoms with E-state index >= 15 is 0 Å². The highest BCUT2D eigenvalue weighted by atomic mass is 16.5. The lowest BCUT2D eigenvalue weighted by molar-refractivity contribution is -0.117. The lowest BCUT2D eigenvalue weighted by atomic mass is 10.1. The van der Waals surface area contributed by atoms with Gasteiger partial charge in [-0.05, 0) is 43.2 Å². The second-order valence-corrected chi connectivity index (χ2v) is 7.46. The van der Waals surface area contributed by atoms with Gasteiger partial charge >= 0.3 is 0 Å². The Morgan fingerprint density at radius 2 is 1.93 bits per heavy atom. The number of benzene rings is 2. The van der Waals surface area contributed by atoms with E-state index < -0.39 is 0 Å². The Labute approximate surface area is 170 Å². The quantitative estimate of drug-likeness (QED) is 0.723. The van der Waals surface area contributed by atoms with Crippen molar-refractivity contribution in [3.8, 4) is 5.75 Å². The number of hydrogen-bond donors (Lipinski definition) is 1. The molecule has 1 saturated heterocycles. The van der Waals surface area contributed by atoms with Crippen LogP contribution in [0.25, 0.3) is 10.9 Å². The van der Waals surface area contributed by atoms with Gasteiger partial charge in [-0.1, -0.05) is 23.8 Å².